The first-order valence-electron chi connectivity index (χ1n) is 5.46. The Morgan fingerprint density at radius 1 is 1.22 bits per heavy atom. The molecule has 0 aliphatic rings. The van der Waals surface area contributed by atoms with E-state index >= 15 is 0 Å². The van der Waals surface area contributed by atoms with Gasteiger partial charge in [-0.2, -0.15) is 0 Å². The molecule has 0 fully saturated rings. The minimum absolute atomic E-state index is 0.0670. The van der Waals surface area contributed by atoms with Crippen LogP contribution < -0.4 is 10.5 Å². The SMILES string of the molecule is NCCc1cncc(Oc2ccc(Cl)c(F)c2)c1. The normalized spacial score (nSPS) is 10.4. The Morgan fingerprint density at radius 3 is 2.78 bits per heavy atom. The second-order valence-electron chi connectivity index (χ2n) is 3.75. The van der Waals surface area contributed by atoms with Crippen molar-refractivity contribution in [3.05, 3.63) is 53.1 Å². The molecule has 1 aromatic carbocycles. The lowest BCUT2D eigenvalue weighted by atomic mass is 10.2. The first kappa shape index (κ1) is 12.8. The van der Waals surface area contributed by atoms with Crippen LogP contribution in [0.3, 0.4) is 0 Å². The predicted octanol–water partition coefficient (Wildman–Crippen LogP) is 3.17. The zero-order chi connectivity index (χ0) is 13.0. The maximum atomic E-state index is 13.2. The molecule has 0 aliphatic heterocycles. The minimum Gasteiger partial charge on any atom is -0.456 e. The summed E-state index contributed by atoms with van der Waals surface area (Å²) in [5.74, 6) is 0.409. The van der Waals surface area contributed by atoms with E-state index in [1.54, 1.807) is 18.5 Å². The lowest BCUT2D eigenvalue weighted by Gasteiger charge is -2.07. The van der Waals surface area contributed by atoms with Crippen molar-refractivity contribution in [2.75, 3.05) is 6.54 Å². The molecule has 0 atom stereocenters. The summed E-state index contributed by atoms with van der Waals surface area (Å²) in [5.41, 5.74) is 6.44. The van der Waals surface area contributed by atoms with Crippen molar-refractivity contribution < 1.29 is 9.13 Å². The average Bonchev–Trinajstić information content (AvgIpc) is 2.35. The monoisotopic (exact) mass is 266 g/mol. The topological polar surface area (TPSA) is 48.1 Å². The van der Waals surface area contributed by atoms with Crippen LogP contribution in [-0.4, -0.2) is 11.5 Å². The number of rotatable bonds is 4. The van der Waals surface area contributed by atoms with Crippen molar-refractivity contribution in [3.63, 3.8) is 0 Å². The van der Waals surface area contributed by atoms with E-state index in [0.717, 1.165) is 12.0 Å². The van der Waals surface area contributed by atoms with Crippen LogP contribution in [0.2, 0.25) is 5.02 Å². The number of nitrogens with two attached hydrogens (primary N) is 1. The quantitative estimate of drug-likeness (QED) is 0.925. The lowest BCUT2D eigenvalue weighted by Crippen LogP contribution is -2.03. The van der Waals surface area contributed by atoms with Gasteiger partial charge in [-0.1, -0.05) is 11.6 Å². The van der Waals surface area contributed by atoms with Gasteiger partial charge in [-0.25, -0.2) is 4.39 Å². The molecule has 2 aromatic rings. The molecule has 0 amide bonds. The average molecular weight is 267 g/mol. The number of ether oxygens (including phenoxy) is 1. The van der Waals surface area contributed by atoms with Gasteiger partial charge >= 0.3 is 0 Å². The summed E-state index contributed by atoms with van der Waals surface area (Å²) in [4.78, 5) is 4.04. The highest BCUT2D eigenvalue weighted by molar-refractivity contribution is 6.30. The summed E-state index contributed by atoms with van der Waals surface area (Å²) < 4.78 is 18.7. The number of aromatic nitrogens is 1. The molecule has 0 saturated heterocycles. The predicted molar refractivity (Wildman–Crippen MR) is 68.5 cm³/mol. The van der Waals surface area contributed by atoms with Crippen LogP contribution in [0.15, 0.2) is 36.7 Å². The van der Waals surface area contributed by atoms with Crippen LogP contribution in [0.1, 0.15) is 5.56 Å². The van der Waals surface area contributed by atoms with Crippen molar-refractivity contribution >= 4 is 11.6 Å². The van der Waals surface area contributed by atoms with Crippen molar-refractivity contribution in [1.29, 1.82) is 0 Å². The molecule has 5 heteroatoms. The highest BCUT2D eigenvalue weighted by atomic mass is 35.5. The zero-order valence-corrected chi connectivity index (χ0v) is 10.3. The molecule has 0 aliphatic carbocycles. The van der Waals surface area contributed by atoms with Gasteiger partial charge in [-0.3, -0.25) is 4.98 Å². The van der Waals surface area contributed by atoms with Crippen molar-refractivity contribution in [3.8, 4) is 11.5 Å². The molecule has 1 aromatic heterocycles. The van der Waals surface area contributed by atoms with E-state index in [0.29, 0.717) is 18.0 Å². The fraction of sp³-hybridized carbons (Fsp3) is 0.154. The molecule has 0 spiro atoms. The van der Waals surface area contributed by atoms with E-state index in [4.69, 9.17) is 22.1 Å². The smallest absolute Gasteiger partial charge is 0.145 e. The van der Waals surface area contributed by atoms with Crippen LogP contribution in [-0.2, 0) is 6.42 Å². The highest BCUT2D eigenvalue weighted by Gasteiger charge is 2.04. The van der Waals surface area contributed by atoms with Gasteiger partial charge in [-0.15, -0.1) is 0 Å². The third-order valence-corrected chi connectivity index (χ3v) is 2.64. The van der Waals surface area contributed by atoms with E-state index in [1.807, 2.05) is 6.07 Å². The van der Waals surface area contributed by atoms with Gasteiger partial charge in [0.2, 0.25) is 0 Å². The number of hydrogen-bond acceptors (Lipinski definition) is 3. The third kappa shape index (κ3) is 3.18. The Bertz CT molecular complexity index is 548. The number of nitrogens with zero attached hydrogens (tertiary/aromatic N) is 1. The van der Waals surface area contributed by atoms with E-state index in [-0.39, 0.29) is 5.02 Å². The van der Waals surface area contributed by atoms with Gasteiger partial charge in [0.05, 0.1) is 11.2 Å². The van der Waals surface area contributed by atoms with Gasteiger partial charge in [0.15, 0.2) is 0 Å². The van der Waals surface area contributed by atoms with Crippen molar-refractivity contribution in [1.82, 2.24) is 4.98 Å². The first-order chi connectivity index (χ1) is 8.69. The molecule has 0 saturated carbocycles. The molecular formula is C13H12ClFN2O. The van der Waals surface area contributed by atoms with Gasteiger partial charge in [0.1, 0.15) is 17.3 Å². The Morgan fingerprint density at radius 2 is 2.06 bits per heavy atom. The van der Waals surface area contributed by atoms with E-state index in [9.17, 15) is 4.39 Å². The van der Waals surface area contributed by atoms with Crippen molar-refractivity contribution in [2.24, 2.45) is 5.73 Å². The molecule has 94 valence electrons. The fourth-order valence-corrected chi connectivity index (χ4v) is 1.62. The van der Waals surface area contributed by atoms with E-state index < -0.39 is 5.82 Å². The molecule has 3 nitrogen and oxygen atoms in total. The highest BCUT2D eigenvalue weighted by Crippen LogP contribution is 2.25. The Labute approximate surface area is 109 Å². The van der Waals surface area contributed by atoms with Crippen LogP contribution in [0, 0.1) is 5.82 Å². The minimum atomic E-state index is -0.514. The Hall–Kier alpha value is -1.65. The molecule has 2 N–H and O–H groups in total. The summed E-state index contributed by atoms with van der Waals surface area (Å²) in [5, 5.41) is 0.0670. The summed E-state index contributed by atoms with van der Waals surface area (Å²) in [6.45, 7) is 0.542. The number of pyridine rings is 1. The Balaban J connectivity index is 2.17. The van der Waals surface area contributed by atoms with Crippen LogP contribution in [0.4, 0.5) is 4.39 Å². The van der Waals surface area contributed by atoms with E-state index in [1.165, 1.54) is 12.1 Å². The summed E-state index contributed by atoms with van der Waals surface area (Å²) >= 11 is 5.59. The van der Waals surface area contributed by atoms with Crippen LogP contribution in [0.25, 0.3) is 0 Å². The van der Waals surface area contributed by atoms with Crippen LogP contribution >= 0.6 is 11.6 Å². The fourth-order valence-electron chi connectivity index (χ4n) is 1.50. The van der Waals surface area contributed by atoms with Crippen molar-refractivity contribution in [2.45, 2.75) is 6.42 Å². The third-order valence-electron chi connectivity index (χ3n) is 2.33. The molecule has 0 radical (unpaired) electrons. The summed E-state index contributed by atoms with van der Waals surface area (Å²) in [7, 11) is 0. The summed E-state index contributed by atoms with van der Waals surface area (Å²) in [6.07, 6.45) is 4.01. The maximum Gasteiger partial charge on any atom is 0.145 e. The lowest BCUT2D eigenvalue weighted by molar-refractivity contribution is 0.474. The second kappa shape index (κ2) is 5.80. The van der Waals surface area contributed by atoms with Gasteiger partial charge in [0.25, 0.3) is 0 Å². The first-order valence-corrected chi connectivity index (χ1v) is 5.84. The molecule has 0 bridgehead atoms. The molecule has 18 heavy (non-hydrogen) atoms. The zero-order valence-electron chi connectivity index (χ0n) is 9.57. The molecule has 2 rings (SSSR count). The standard InChI is InChI=1S/C13H12ClFN2O/c14-12-2-1-10(6-13(12)15)18-11-5-9(3-4-16)7-17-8-11/h1-2,5-8H,3-4,16H2. The largest absolute Gasteiger partial charge is 0.456 e. The Kier molecular flexibility index (Phi) is 4.12. The molecule has 1 heterocycles. The van der Waals surface area contributed by atoms with E-state index in [2.05, 4.69) is 4.98 Å². The van der Waals surface area contributed by atoms with Gasteiger partial charge in [0, 0.05) is 12.3 Å². The number of hydrogen-bond donors (Lipinski definition) is 1. The summed E-state index contributed by atoms with van der Waals surface area (Å²) in [6, 6.07) is 6.11. The number of benzene rings is 1. The second-order valence-corrected chi connectivity index (χ2v) is 4.15. The van der Waals surface area contributed by atoms with Crippen LogP contribution in [0.5, 0.6) is 11.5 Å². The molecule has 0 unspecified atom stereocenters. The number of halogens is 2. The van der Waals surface area contributed by atoms with Gasteiger partial charge in [-0.05, 0) is 36.7 Å². The maximum absolute atomic E-state index is 13.2. The molecular weight excluding hydrogens is 255 g/mol. The van der Waals surface area contributed by atoms with Gasteiger partial charge < -0.3 is 10.5 Å².